The fraction of sp³-hybridized carbons (Fsp3) is 0.429. The van der Waals surface area contributed by atoms with Crippen LogP contribution >= 0.6 is 22.6 Å². The third kappa shape index (κ3) is 3.92. The van der Waals surface area contributed by atoms with Gasteiger partial charge in [0.1, 0.15) is 0 Å². The number of rotatable bonds is 4. The van der Waals surface area contributed by atoms with Crippen molar-refractivity contribution in [2.45, 2.75) is 19.3 Å². The average Bonchev–Trinajstić information content (AvgIpc) is 2.93. The summed E-state index contributed by atoms with van der Waals surface area (Å²) in [6.07, 6.45) is 2.58. The number of nitrogens with one attached hydrogen (secondary N) is 1. The van der Waals surface area contributed by atoms with Crippen LogP contribution in [-0.2, 0) is 4.79 Å². The molecule has 0 unspecified atom stereocenters. The number of carbonyl (C=O) groups is 2. The van der Waals surface area contributed by atoms with E-state index in [0.717, 1.165) is 29.5 Å². The molecule has 1 aliphatic heterocycles. The van der Waals surface area contributed by atoms with Gasteiger partial charge in [0.05, 0.1) is 5.56 Å². The Kier molecular flexibility index (Phi) is 5.18. The summed E-state index contributed by atoms with van der Waals surface area (Å²) >= 11 is 2.14. The molecule has 2 rings (SSSR count). The molecule has 0 aromatic heterocycles. The van der Waals surface area contributed by atoms with Gasteiger partial charge in [0.25, 0.3) is 5.91 Å². The van der Waals surface area contributed by atoms with Crippen LogP contribution in [0, 0.1) is 3.57 Å². The molecule has 0 saturated carbocycles. The van der Waals surface area contributed by atoms with E-state index in [1.807, 2.05) is 23.1 Å². The molecule has 0 radical (unpaired) electrons. The predicted octanol–water partition coefficient (Wildman–Crippen LogP) is 2.03. The molecule has 0 atom stereocenters. The molecule has 0 spiro atoms. The molecule has 1 aromatic carbocycles. The van der Waals surface area contributed by atoms with Gasteiger partial charge in [-0.15, -0.1) is 0 Å². The molecule has 1 saturated heterocycles. The van der Waals surface area contributed by atoms with Crippen molar-refractivity contribution in [1.82, 2.24) is 10.2 Å². The number of nitrogens with zero attached hydrogens (tertiary/aromatic N) is 1. The van der Waals surface area contributed by atoms with Gasteiger partial charge in [-0.25, -0.2) is 0 Å². The Morgan fingerprint density at radius 1 is 1.21 bits per heavy atom. The second-order valence-electron chi connectivity index (χ2n) is 4.57. The van der Waals surface area contributed by atoms with Crippen molar-refractivity contribution in [3.63, 3.8) is 0 Å². The minimum absolute atomic E-state index is 0.112. The number of likely N-dealkylation sites (tertiary alicyclic amines) is 1. The van der Waals surface area contributed by atoms with Crippen LogP contribution < -0.4 is 5.32 Å². The number of halogens is 1. The van der Waals surface area contributed by atoms with Crippen molar-refractivity contribution in [3.05, 3.63) is 33.4 Å². The van der Waals surface area contributed by atoms with E-state index in [4.69, 9.17) is 0 Å². The molecule has 1 heterocycles. The van der Waals surface area contributed by atoms with Crippen molar-refractivity contribution in [2.75, 3.05) is 19.6 Å². The van der Waals surface area contributed by atoms with Crippen LogP contribution in [0.5, 0.6) is 0 Å². The van der Waals surface area contributed by atoms with Gasteiger partial charge in [-0.1, -0.05) is 12.1 Å². The van der Waals surface area contributed by atoms with Crippen molar-refractivity contribution < 1.29 is 9.59 Å². The Balaban J connectivity index is 1.78. The maximum Gasteiger partial charge on any atom is 0.252 e. The summed E-state index contributed by atoms with van der Waals surface area (Å²) in [6, 6.07) is 7.42. The summed E-state index contributed by atoms with van der Waals surface area (Å²) in [7, 11) is 0. The maximum atomic E-state index is 11.9. The summed E-state index contributed by atoms with van der Waals surface area (Å²) in [6.45, 7) is 2.13. The monoisotopic (exact) mass is 372 g/mol. The van der Waals surface area contributed by atoms with Crippen LogP contribution in [0.25, 0.3) is 0 Å². The Morgan fingerprint density at radius 2 is 1.89 bits per heavy atom. The molecular weight excluding hydrogens is 355 g/mol. The van der Waals surface area contributed by atoms with Gasteiger partial charge < -0.3 is 10.2 Å². The van der Waals surface area contributed by atoms with Gasteiger partial charge in [-0.2, -0.15) is 0 Å². The van der Waals surface area contributed by atoms with Gasteiger partial charge in [-0.05, 0) is 47.6 Å². The first-order valence-corrected chi connectivity index (χ1v) is 7.57. The van der Waals surface area contributed by atoms with Crippen LogP contribution in [0.3, 0.4) is 0 Å². The Labute approximate surface area is 126 Å². The van der Waals surface area contributed by atoms with Crippen LogP contribution in [0.15, 0.2) is 24.3 Å². The van der Waals surface area contributed by atoms with E-state index in [1.165, 1.54) is 0 Å². The first-order valence-electron chi connectivity index (χ1n) is 6.49. The Morgan fingerprint density at radius 3 is 2.58 bits per heavy atom. The molecule has 4 nitrogen and oxygen atoms in total. The summed E-state index contributed by atoms with van der Waals surface area (Å²) in [5.41, 5.74) is 0.664. The maximum absolute atomic E-state index is 11.9. The van der Waals surface area contributed by atoms with Crippen molar-refractivity contribution in [2.24, 2.45) is 0 Å². The third-order valence-corrected chi connectivity index (χ3v) is 4.14. The molecule has 102 valence electrons. The molecule has 1 aliphatic rings. The lowest BCUT2D eigenvalue weighted by Gasteiger charge is -2.15. The second-order valence-corrected chi connectivity index (χ2v) is 5.74. The number of benzene rings is 1. The largest absolute Gasteiger partial charge is 0.351 e. The van der Waals surface area contributed by atoms with E-state index in [-0.39, 0.29) is 11.8 Å². The van der Waals surface area contributed by atoms with E-state index < -0.39 is 0 Å². The summed E-state index contributed by atoms with van der Waals surface area (Å²) in [4.78, 5) is 25.6. The lowest BCUT2D eigenvalue weighted by molar-refractivity contribution is -0.129. The highest BCUT2D eigenvalue weighted by Crippen LogP contribution is 2.11. The first kappa shape index (κ1) is 14.3. The predicted molar refractivity (Wildman–Crippen MR) is 81.9 cm³/mol. The normalized spacial score (nSPS) is 14.5. The van der Waals surface area contributed by atoms with Crippen LogP contribution in [0.2, 0.25) is 0 Å². The standard InChI is InChI=1S/C14H17IN2O2/c15-12-6-2-1-5-11(12)14(19)16-8-7-13(18)17-9-3-4-10-17/h1-2,5-6H,3-4,7-10H2,(H,16,19). The second kappa shape index (κ2) is 6.88. The zero-order valence-corrected chi connectivity index (χ0v) is 12.9. The number of amides is 2. The molecular formula is C14H17IN2O2. The van der Waals surface area contributed by atoms with E-state index in [1.54, 1.807) is 6.07 Å². The van der Waals surface area contributed by atoms with Gasteiger partial charge in [0, 0.05) is 29.6 Å². The molecule has 0 aliphatic carbocycles. The van der Waals surface area contributed by atoms with Gasteiger partial charge in [0.2, 0.25) is 5.91 Å². The Hall–Kier alpha value is -1.11. The molecule has 1 N–H and O–H groups in total. The summed E-state index contributed by atoms with van der Waals surface area (Å²) in [5, 5.41) is 2.80. The topological polar surface area (TPSA) is 49.4 Å². The van der Waals surface area contributed by atoms with E-state index in [0.29, 0.717) is 18.5 Å². The summed E-state index contributed by atoms with van der Waals surface area (Å²) < 4.78 is 0.920. The summed E-state index contributed by atoms with van der Waals surface area (Å²) in [5.74, 6) is 0.0276. The highest BCUT2D eigenvalue weighted by Gasteiger charge is 2.17. The third-order valence-electron chi connectivity index (χ3n) is 3.20. The van der Waals surface area contributed by atoms with Gasteiger partial charge in [0.15, 0.2) is 0 Å². The van der Waals surface area contributed by atoms with Crippen molar-refractivity contribution in [1.29, 1.82) is 0 Å². The number of carbonyl (C=O) groups excluding carboxylic acids is 2. The van der Waals surface area contributed by atoms with E-state index in [2.05, 4.69) is 27.9 Å². The first-order chi connectivity index (χ1) is 9.18. The van der Waals surface area contributed by atoms with Crippen LogP contribution in [0.4, 0.5) is 0 Å². The lowest BCUT2D eigenvalue weighted by Crippen LogP contribution is -2.32. The SMILES string of the molecule is O=C(NCCC(=O)N1CCCC1)c1ccccc1I. The molecule has 0 bridgehead atoms. The van der Waals surface area contributed by atoms with Gasteiger partial charge in [-0.3, -0.25) is 9.59 Å². The molecule has 1 aromatic rings. The van der Waals surface area contributed by atoms with E-state index in [9.17, 15) is 9.59 Å². The zero-order chi connectivity index (χ0) is 13.7. The highest BCUT2D eigenvalue weighted by atomic mass is 127. The fourth-order valence-corrected chi connectivity index (χ4v) is 2.78. The average molecular weight is 372 g/mol. The Bertz CT molecular complexity index is 470. The molecule has 2 amide bonds. The molecule has 19 heavy (non-hydrogen) atoms. The highest BCUT2D eigenvalue weighted by molar-refractivity contribution is 14.1. The lowest BCUT2D eigenvalue weighted by atomic mass is 10.2. The van der Waals surface area contributed by atoms with Gasteiger partial charge >= 0.3 is 0 Å². The quantitative estimate of drug-likeness (QED) is 0.823. The minimum Gasteiger partial charge on any atom is -0.351 e. The van der Waals surface area contributed by atoms with Crippen LogP contribution in [0.1, 0.15) is 29.6 Å². The minimum atomic E-state index is -0.112. The van der Waals surface area contributed by atoms with Crippen molar-refractivity contribution in [3.8, 4) is 0 Å². The molecule has 5 heteroatoms. The molecule has 1 fully saturated rings. The van der Waals surface area contributed by atoms with E-state index >= 15 is 0 Å². The number of hydrogen-bond donors (Lipinski definition) is 1. The fourth-order valence-electron chi connectivity index (χ4n) is 2.15. The number of hydrogen-bond acceptors (Lipinski definition) is 2. The smallest absolute Gasteiger partial charge is 0.252 e. The zero-order valence-electron chi connectivity index (χ0n) is 10.7. The van der Waals surface area contributed by atoms with Crippen molar-refractivity contribution >= 4 is 34.4 Å². The van der Waals surface area contributed by atoms with Crippen LogP contribution in [-0.4, -0.2) is 36.3 Å².